The molecule has 0 saturated carbocycles. The molecule has 2 aromatic carbocycles. The van der Waals surface area contributed by atoms with Crippen LogP contribution in [0.25, 0.3) is 0 Å². The number of nitrogens with two attached hydrogens (primary N) is 1. The van der Waals surface area contributed by atoms with E-state index in [1.54, 1.807) is 7.11 Å². The van der Waals surface area contributed by atoms with Gasteiger partial charge in [-0.15, -0.1) is 0 Å². The Kier molecular flexibility index (Phi) is 5.99. The summed E-state index contributed by atoms with van der Waals surface area (Å²) in [5.74, 6) is 0.832. The minimum Gasteiger partial charge on any atom is -0.497 e. The van der Waals surface area contributed by atoms with Gasteiger partial charge in [-0.05, 0) is 35.9 Å². The first-order valence-corrected chi connectivity index (χ1v) is 8.40. The normalized spacial score (nSPS) is 11.6. The van der Waals surface area contributed by atoms with Gasteiger partial charge in [-0.25, -0.2) is 0 Å². The van der Waals surface area contributed by atoms with Gasteiger partial charge in [0.05, 0.1) is 26.1 Å². The Labute approximate surface area is 150 Å². The Morgan fingerprint density at radius 1 is 1.16 bits per heavy atom. The number of anilines is 1. The number of hydrogen-bond acceptors (Lipinski definition) is 3. The van der Waals surface area contributed by atoms with Crippen LogP contribution < -0.4 is 15.1 Å². The molecule has 2 N–H and O–H groups in total. The molecule has 0 saturated heterocycles. The van der Waals surface area contributed by atoms with E-state index >= 15 is 0 Å². The molecule has 0 bridgehead atoms. The maximum absolute atomic E-state index is 5.19. The summed E-state index contributed by atoms with van der Waals surface area (Å²) >= 11 is 0. The van der Waals surface area contributed by atoms with Gasteiger partial charge in [-0.1, -0.05) is 38.6 Å². The highest BCUT2D eigenvalue weighted by Gasteiger charge is 2.27. The summed E-state index contributed by atoms with van der Waals surface area (Å²) in [4.78, 5) is 0. The summed E-state index contributed by atoms with van der Waals surface area (Å²) in [5.41, 5.74) is 4.23. The van der Waals surface area contributed by atoms with E-state index in [9.17, 15) is 0 Å². The van der Waals surface area contributed by atoms with Crippen molar-refractivity contribution in [3.8, 4) is 5.75 Å². The lowest BCUT2D eigenvalue weighted by Crippen LogP contribution is -2.73. The van der Waals surface area contributed by atoms with E-state index in [1.807, 2.05) is 42.5 Å². The van der Waals surface area contributed by atoms with Crippen LogP contribution in [-0.4, -0.2) is 27.4 Å². The summed E-state index contributed by atoms with van der Waals surface area (Å²) in [6.45, 7) is 8.62. The van der Waals surface area contributed by atoms with Gasteiger partial charge in [0.15, 0.2) is 0 Å². The Morgan fingerprint density at radius 3 is 2.40 bits per heavy atom. The molecule has 0 fully saturated rings. The van der Waals surface area contributed by atoms with E-state index in [0.717, 1.165) is 17.0 Å². The molecule has 132 valence electrons. The molecule has 2 rings (SSSR count). The fraction of sp³-hybridized carbons (Fsp3) is 0.286. The number of allylic oxidation sites excluding steroid dienone is 1. The molecule has 0 aliphatic rings. The molecule has 2 aromatic rings. The first-order valence-electron chi connectivity index (χ1n) is 8.40. The van der Waals surface area contributed by atoms with Crippen LogP contribution in [0.15, 0.2) is 65.8 Å². The Morgan fingerprint density at radius 2 is 1.80 bits per heavy atom. The molecule has 0 spiro atoms. The molecule has 0 heterocycles. The number of methoxy groups -OCH3 is 1. The summed E-state index contributed by atoms with van der Waals surface area (Å²) in [6, 6.07) is 16.2. The van der Waals surface area contributed by atoms with E-state index in [0.29, 0.717) is 0 Å². The molecular weight excluding hydrogens is 310 g/mol. The van der Waals surface area contributed by atoms with Crippen LogP contribution in [0.4, 0.5) is 11.4 Å². The number of quaternary nitrogens is 1. The van der Waals surface area contributed by atoms with E-state index in [-0.39, 0.29) is 5.41 Å². The van der Waals surface area contributed by atoms with Crippen molar-refractivity contribution >= 4 is 17.6 Å². The van der Waals surface area contributed by atoms with Crippen LogP contribution in [0, 0.1) is 0 Å². The molecule has 0 aliphatic heterocycles. The number of rotatable bonds is 7. The van der Waals surface area contributed by atoms with Gasteiger partial charge in [0.1, 0.15) is 11.4 Å². The lowest BCUT2D eigenvalue weighted by Gasteiger charge is -2.27. The fourth-order valence-corrected chi connectivity index (χ4v) is 2.67. The van der Waals surface area contributed by atoms with E-state index < -0.39 is 0 Å². The smallest absolute Gasteiger partial charge is 0.133 e. The second-order valence-electron chi connectivity index (χ2n) is 6.49. The predicted octanol–water partition coefficient (Wildman–Crippen LogP) is 3.48. The highest BCUT2D eigenvalue weighted by Crippen LogP contribution is 2.33. The predicted molar refractivity (Wildman–Crippen MR) is 106 cm³/mol. The zero-order valence-electron chi connectivity index (χ0n) is 15.8. The second kappa shape index (κ2) is 7.99. The Bertz CT molecular complexity index is 748. The molecular formula is C21H28N3O+. The van der Waals surface area contributed by atoms with Crippen molar-refractivity contribution < 1.29 is 10.1 Å². The number of nitrogens with zero attached hydrogens (tertiary/aromatic N) is 2. The zero-order chi connectivity index (χ0) is 18.4. The van der Waals surface area contributed by atoms with Crippen molar-refractivity contribution in [1.82, 2.24) is 0 Å². The SMILES string of the molecule is C=C(/C=N/N(C)c1ccc(OC)cc1)C(C)(C)c1ccccc1[NH2+]C. The molecule has 4 nitrogen and oxygen atoms in total. The molecule has 4 heteroatoms. The minimum atomic E-state index is -0.201. The molecule has 0 unspecified atom stereocenters. The van der Waals surface area contributed by atoms with Gasteiger partial charge < -0.3 is 10.1 Å². The topological polar surface area (TPSA) is 41.4 Å². The van der Waals surface area contributed by atoms with Crippen LogP contribution in [0.3, 0.4) is 0 Å². The van der Waals surface area contributed by atoms with Crippen LogP contribution in [0.5, 0.6) is 5.75 Å². The van der Waals surface area contributed by atoms with Crippen molar-refractivity contribution in [2.45, 2.75) is 19.3 Å². The van der Waals surface area contributed by atoms with Gasteiger partial charge in [-0.3, -0.25) is 5.01 Å². The molecule has 0 aliphatic carbocycles. The average Bonchev–Trinajstić information content (AvgIpc) is 2.65. The molecule has 0 amide bonds. The highest BCUT2D eigenvalue weighted by molar-refractivity contribution is 5.82. The number of hydrazone groups is 1. The first kappa shape index (κ1) is 18.7. The average molecular weight is 338 g/mol. The van der Waals surface area contributed by atoms with E-state index in [1.165, 1.54) is 11.3 Å². The van der Waals surface area contributed by atoms with Gasteiger partial charge in [-0.2, -0.15) is 5.10 Å². The third kappa shape index (κ3) is 4.28. The van der Waals surface area contributed by atoms with Crippen molar-refractivity contribution in [2.24, 2.45) is 5.10 Å². The van der Waals surface area contributed by atoms with Crippen molar-refractivity contribution in [3.63, 3.8) is 0 Å². The maximum atomic E-state index is 5.19. The first-order chi connectivity index (χ1) is 11.9. The third-order valence-corrected chi connectivity index (χ3v) is 4.58. The molecule has 0 radical (unpaired) electrons. The van der Waals surface area contributed by atoms with Crippen LogP contribution in [-0.2, 0) is 5.41 Å². The lowest BCUT2D eigenvalue weighted by atomic mass is 9.78. The maximum Gasteiger partial charge on any atom is 0.133 e. The summed E-state index contributed by atoms with van der Waals surface area (Å²) in [7, 11) is 5.64. The van der Waals surface area contributed by atoms with Crippen molar-refractivity contribution in [2.75, 3.05) is 26.2 Å². The van der Waals surface area contributed by atoms with Crippen molar-refractivity contribution in [3.05, 3.63) is 66.2 Å². The Hall–Kier alpha value is -2.59. The molecule has 25 heavy (non-hydrogen) atoms. The van der Waals surface area contributed by atoms with Crippen LogP contribution in [0.1, 0.15) is 19.4 Å². The van der Waals surface area contributed by atoms with Gasteiger partial charge in [0, 0.05) is 18.0 Å². The fourth-order valence-electron chi connectivity index (χ4n) is 2.67. The quantitative estimate of drug-likeness (QED) is 0.477. The van der Waals surface area contributed by atoms with Crippen LogP contribution >= 0.6 is 0 Å². The molecule has 0 atom stereocenters. The summed E-state index contributed by atoms with van der Waals surface area (Å²) < 4.78 is 5.19. The highest BCUT2D eigenvalue weighted by atomic mass is 16.5. The monoisotopic (exact) mass is 338 g/mol. The number of hydrogen-bond donors (Lipinski definition) is 1. The Balaban J connectivity index is 2.17. The summed E-state index contributed by atoms with van der Waals surface area (Å²) in [5, 5.41) is 8.52. The minimum absolute atomic E-state index is 0.201. The number of benzene rings is 2. The van der Waals surface area contributed by atoms with Gasteiger partial charge in [0.25, 0.3) is 0 Å². The summed E-state index contributed by atoms with van der Waals surface area (Å²) in [6.07, 6.45) is 1.84. The largest absolute Gasteiger partial charge is 0.497 e. The van der Waals surface area contributed by atoms with E-state index in [2.05, 4.69) is 62.2 Å². The standard InChI is InChI=1S/C21H27N3O/c1-16(21(2,3)19-9-7-8-10-20(19)22-4)15-23-24(5)17-11-13-18(25-6)14-12-17/h7-15,22H,1H2,2-6H3/p+1/b23-15+. The number of ether oxygens (including phenoxy) is 1. The van der Waals surface area contributed by atoms with Gasteiger partial charge in [0.2, 0.25) is 0 Å². The second-order valence-corrected chi connectivity index (χ2v) is 6.49. The number of para-hydroxylation sites is 1. The van der Waals surface area contributed by atoms with Crippen molar-refractivity contribution in [1.29, 1.82) is 0 Å². The zero-order valence-corrected chi connectivity index (χ0v) is 15.8. The third-order valence-electron chi connectivity index (χ3n) is 4.58. The van der Waals surface area contributed by atoms with E-state index in [4.69, 9.17) is 4.74 Å². The lowest BCUT2D eigenvalue weighted by molar-refractivity contribution is -0.540. The van der Waals surface area contributed by atoms with Crippen LogP contribution in [0.2, 0.25) is 0 Å². The van der Waals surface area contributed by atoms with Gasteiger partial charge >= 0.3 is 0 Å². The molecule has 0 aromatic heterocycles.